The zero-order chi connectivity index (χ0) is 22.6. The van der Waals surface area contributed by atoms with E-state index in [1.54, 1.807) is 24.4 Å². The van der Waals surface area contributed by atoms with Crippen LogP contribution in [0.25, 0.3) is 0 Å². The lowest BCUT2D eigenvalue weighted by Gasteiger charge is -2.19. The average molecular weight is 436 g/mol. The molecule has 5 heteroatoms. The van der Waals surface area contributed by atoms with E-state index in [2.05, 4.69) is 47.5 Å². The van der Waals surface area contributed by atoms with Gasteiger partial charge < -0.3 is 10.2 Å². The van der Waals surface area contributed by atoms with Crippen LogP contribution in [0.3, 0.4) is 0 Å². The van der Waals surface area contributed by atoms with E-state index >= 15 is 0 Å². The molecule has 1 aromatic heterocycles. The zero-order valence-electron chi connectivity index (χ0n) is 18.3. The van der Waals surface area contributed by atoms with E-state index in [4.69, 9.17) is 11.6 Å². The standard InChI is InChI=1S/C13H12N2O.C11H14ClN.C2H4/c1-10-7-8-12(14-9-10)15-13(16)11-5-3-2-4-6-11;1-13-7-3-2-4-9-8-10(12)5-6-11(9)13;1-2/h2-9H,1H3,(H,14,15,16);5-6,8H,2-4,7H2,1H3;1-2H2. The van der Waals surface area contributed by atoms with Gasteiger partial charge in [0.1, 0.15) is 5.82 Å². The van der Waals surface area contributed by atoms with Crippen LogP contribution in [0.1, 0.15) is 34.3 Å². The Balaban J connectivity index is 0.000000208. The van der Waals surface area contributed by atoms with Gasteiger partial charge in [0.15, 0.2) is 0 Å². The van der Waals surface area contributed by atoms with Crippen molar-refractivity contribution in [1.82, 2.24) is 4.98 Å². The number of nitrogens with one attached hydrogen (secondary N) is 1. The Morgan fingerprint density at radius 2 is 1.81 bits per heavy atom. The summed E-state index contributed by atoms with van der Waals surface area (Å²) in [5.74, 6) is 0.427. The monoisotopic (exact) mass is 435 g/mol. The highest BCUT2D eigenvalue weighted by atomic mass is 35.5. The second-order valence-corrected chi connectivity index (χ2v) is 7.63. The molecule has 4 nitrogen and oxygen atoms in total. The largest absolute Gasteiger partial charge is 0.374 e. The van der Waals surface area contributed by atoms with Crippen molar-refractivity contribution in [3.8, 4) is 0 Å². The number of fused-ring (bicyclic) bond motifs is 1. The fourth-order valence-electron chi connectivity index (χ4n) is 3.23. The Morgan fingerprint density at radius 3 is 2.48 bits per heavy atom. The van der Waals surface area contributed by atoms with E-state index < -0.39 is 0 Å². The maximum Gasteiger partial charge on any atom is 0.256 e. The molecule has 162 valence electrons. The van der Waals surface area contributed by atoms with Crippen molar-refractivity contribution in [2.75, 3.05) is 23.8 Å². The summed E-state index contributed by atoms with van der Waals surface area (Å²) in [5, 5.41) is 3.59. The molecule has 1 N–H and O–H groups in total. The number of nitrogens with zero attached hydrogens (tertiary/aromatic N) is 2. The van der Waals surface area contributed by atoms with Crippen molar-refractivity contribution in [2.45, 2.75) is 26.2 Å². The van der Waals surface area contributed by atoms with Crippen LogP contribution >= 0.6 is 11.6 Å². The SMILES string of the molecule is C=C.CN1CCCCc2cc(Cl)ccc21.Cc1ccc(NC(=O)c2ccccc2)nc1. The van der Waals surface area contributed by atoms with Gasteiger partial charge in [-0.1, -0.05) is 35.9 Å². The molecular formula is C26H30ClN3O. The normalized spacial score (nSPS) is 12.2. The van der Waals surface area contributed by atoms with Crippen LogP contribution in [0.15, 0.2) is 80.0 Å². The fraction of sp³-hybridized carbons (Fsp3) is 0.231. The Kier molecular flexibility index (Phi) is 9.79. The smallest absolute Gasteiger partial charge is 0.256 e. The number of hydrogen-bond donors (Lipinski definition) is 1. The molecule has 0 bridgehead atoms. The van der Waals surface area contributed by atoms with E-state index in [0.29, 0.717) is 11.4 Å². The van der Waals surface area contributed by atoms with Crippen LogP contribution in [-0.2, 0) is 6.42 Å². The lowest BCUT2D eigenvalue weighted by Crippen LogP contribution is -2.17. The molecule has 0 saturated heterocycles. The highest BCUT2D eigenvalue weighted by molar-refractivity contribution is 6.30. The Hall–Kier alpha value is -3.11. The topological polar surface area (TPSA) is 45.2 Å². The first-order valence-corrected chi connectivity index (χ1v) is 10.7. The van der Waals surface area contributed by atoms with E-state index in [1.807, 2.05) is 37.3 Å². The van der Waals surface area contributed by atoms with Gasteiger partial charge in [-0.25, -0.2) is 4.98 Å². The lowest BCUT2D eigenvalue weighted by atomic mass is 10.1. The molecule has 0 spiro atoms. The van der Waals surface area contributed by atoms with Gasteiger partial charge >= 0.3 is 0 Å². The second-order valence-electron chi connectivity index (χ2n) is 7.19. The average Bonchev–Trinajstić information content (AvgIpc) is 2.98. The minimum Gasteiger partial charge on any atom is -0.374 e. The van der Waals surface area contributed by atoms with Gasteiger partial charge in [-0.15, -0.1) is 13.2 Å². The number of anilines is 2. The number of amides is 1. The Labute approximate surface area is 190 Å². The van der Waals surface area contributed by atoms with Gasteiger partial charge in [0.05, 0.1) is 0 Å². The predicted molar refractivity (Wildman–Crippen MR) is 132 cm³/mol. The minimum absolute atomic E-state index is 0.142. The number of aryl methyl sites for hydroxylation is 2. The summed E-state index contributed by atoms with van der Waals surface area (Å²) in [7, 11) is 2.15. The second kappa shape index (κ2) is 12.6. The summed E-state index contributed by atoms with van der Waals surface area (Å²) in [6.07, 6.45) is 5.45. The molecule has 0 unspecified atom stereocenters. The molecule has 0 atom stereocenters. The number of hydrogen-bond acceptors (Lipinski definition) is 3. The molecule has 1 amide bonds. The molecule has 2 heterocycles. The highest BCUT2D eigenvalue weighted by Crippen LogP contribution is 2.27. The summed E-state index contributed by atoms with van der Waals surface area (Å²) in [4.78, 5) is 18.2. The van der Waals surface area contributed by atoms with E-state index in [9.17, 15) is 4.79 Å². The number of pyridine rings is 1. The fourth-order valence-corrected chi connectivity index (χ4v) is 3.43. The van der Waals surface area contributed by atoms with Crippen molar-refractivity contribution in [1.29, 1.82) is 0 Å². The molecule has 0 aliphatic carbocycles. The molecule has 3 aromatic rings. The summed E-state index contributed by atoms with van der Waals surface area (Å²) in [6, 6.07) is 19.0. The van der Waals surface area contributed by atoms with Gasteiger partial charge in [-0.05, 0) is 73.7 Å². The van der Waals surface area contributed by atoms with Crippen LogP contribution in [0.4, 0.5) is 11.5 Å². The molecule has 1 aliphatic rings. The van der Waals surface area contributed by atoms with Crippen LogP contribution in [0, 0.1) is 6.92 Å². The van der Waals surface area contributed by atoms with Gasteiger partial charge in [-0.2, -0.15) is 0 Å². The third-order valence-corrected chi connectivity index (χ3v) is 5.07. The number of carbonyl (C=O) groups is 1. The molecule has 0 fully saturated rings. The zero-order valence-corrected chi connectivity index (χ0v) is 19.0. The number of halogens is 1. The quantitative estimate of drug-likeness (QED) is 0.464. The molecule has 0 radical (unpaired) electrons. The summed E-state index contributed by atoms with van der Waals surface area (Å²) in [5.41, 5.74) is 4.44. The van der Waals surface area contributed by atoms with E-state index in [0.717, 1.165) is 17.1 Å². The van der Waals surface area contributed by atoms with Crippen molar-refractivity contribution in [3.63, 3.8) is 0 Å². The van der Waals surface area contributed by atoms with Crippen molar-refractivity contribution >= 4 is 29.0 Å². The lowest BCUT2D eigenvalue weighted by molar-refractivity contribution is 0.102. The van der Waals surface area contributed by atoms with Gasteiger partial charge in [0.25, 0.3) is 5.91 Å². The number of aromatic nitrogens is 1. The van der Waals surface area contributed by atoms with Crippen molar-refractivity contribution in [3.05, 3.63) is 102 Å². The third-order valence-electron chi connectivity index (χ3n) is 4.83. The number of carbonyl (C=O) groups excluding carboxylic acids is 1. The number of benzene rings is 2. The molecule has 1 aliphatic heterocycles. The van der Waals surface area contributed by atoms with Gasteiger partial charge in [0.2, 0.25) is 0 Å². The van der Waals surface area contributed by atoms with E-state index in [-0.39, 0.29) is 5.91 Å². The predicted octanol–water partition coefficient (Wildman–Crippen LogP) is 6.56. The van der Waals surface area contributed by atoms with Crippen LogP contribution in [0.5, 0.6) is 0 Å². The Morgan fingerprint density at radius 1 is 1.06 bits per heavy atom. The van der Waals surface area contributed by atoms with Crippen molar-refractivity contribution in [2.24, 2.45) is 0 Å². The highest BCUT2D eigenvalue weighted by Gasteiger charge is 2.11. The molecule has 2 aromatic carbocycles. The first-order chi connectivity index (χ1) is 15.0. The summed E-state index contributed by atoms with van der Waals surface area (Å²) >= 11 is 5.96. The molecule has 0 saturated carbocycles. The number of rotatable bonds is 2. The summed E-state index contributed by atoms with van der Waals surface area (Å²) < 4.78 is 0. The van der Waals surface area contributed by atoms with Crippen LogP contribution < -0.4 is 10.2 Å². The van der Waals surface area contributed by atoms with Gasteiger partial charge in [-0.3, -0.25) is 4.79 Å². The first-order valence-electron chi connectivity index (χ1n) is 10.3. The van der Waals surface area contributed by atoms with Crippen LogP contribution in [-0.4, -0.2) is 24.5 Å². The maximum atomic E-state index is 11.7. The van der Waals surface area contributed by atoms with Gasteiger partial charge in [0, 0.05) is 36.1 Å². The van der Waals surface area contributed by atoms with E-state index in [1.165, 1.54) is 30.5 Å². The first kappa shape index (κ1) is 24.2. The Bertz CT molecular complexity index is 958. The molecule has 4 rings (SSSR count). The summed E-state index contributed by atoms with van der Waals surface area (Å²) in [6.45, 7) is 9.12. The maximum absolute atomic E-state index is 11.7. The molecule has 31 heavy (non-hydrogen) atoms. The molecular weight excluding hydrogens is 406 g/mol. The van der Waals surface area contributed by atoms with Crippen molar-refractivity contribution < 1.29 is 4.79 Å². The third kappa shape index (κ3) is 7.58. The van der Waals surface area contributed by atoms with Crippen LogP contribution in [0.2, 0.25) is 5.02 Å². The minimum atomic E-state index is -0.142.